The van der Waals surface area contributed by atoms with Crippen LogP contribution in [0.5, 0.6) is 0 Å². The first-order valence-electron chi connectivity index (χ1n) is 7.50. The minimum atomic E-state index is 0.0847. The molecule has 0 aromatic rings. The molecule has 1 unspecified atom stereocenters. The molecule has 1 heterocycles. The van der Waals surface area contributed by atoms with Gasteiger partial charge >= 0.3 is 0 Å². The van der Waals surface area contributed by atoms with E-state index in [2.05, 4.69) is 19.2 Å². The summed E-state index contributed by atoms with van der Waals surface area (Å²) < 4.78 is 6.01. The van der Waals surface area contributed by atoms with E-state index in [0.29, 0.717) is 11.5 Å². The molecule has 1 saturated heterocycles. The first-order chi connectivity index (χ1) is 8.55. The molecule has 18 heavy (non-hydrogen) atoms. The van der Waals surface area contributed by atoms with Gasteiger partial charge in [0.2, 0.25) is 0 Å². The van der Waals surface area contributed by atoms with Gasteiger partial charge in [-0.1, -0.05) is 19.3 Å². The van der Waals surface area contributed by atoms with E-state index in [1.165, 1.54) is 44.9 Å². The largest absolute Gasteiger partial charge is 0.371 e. The summed E-state index contributed by atoms with van der Waals surface area (Å²) in [6, 6.07) is 0. The van der Waals surface area contributed by atoms with Crippen molar-refractivity contribution in [2.75, 3.05) is 19.0 Å². The lowest BCUT2D eigenvalue weighted by atomic mass is 9.75. The minimum absolute atomic E-state index is 0.0847. The van der Waals surface area contributed by atoms with Crippen LogP contribution in [0, 0.1) is 5.41 Å². The lowest BCUT2D eigenvalue weighted by Gasteiger charge is -2.36. The van der Waals surface area contributed by atoms with Crippen LogP contribution in [0.15, 0.2) is 0 Å². The molecule has 0 amide bonds. The van der Waals surface area contributed by atoms with Gasteiger partial charge in [0, 0.05) is 19.0 Å². The van der Waals surface area contributed by atoms with Gasteiger partial charge in [-0.15, -0.1) is 11.6 Å². The quantitative estimate of drug-likeness (QED) is 0.771. The van der Waals surface area contributed by atoms with Crippen LogP contribution in [-0.4, -0.2) is 30.7 Å². The van der Waals surface area contributed by atoms with Crippen molar-refractivity contribution in [1.29, 1.82) is 0 Å². The highest BCUT2D eigenvalue weighted by molar-refractivity contribution is 6.18. The molecule has 3 heteroatoms. The highest BCUT2D eigenvalue weighted by Gasteiger charge is 2.33. The predicted molar refractivity (Wildman–Crippen MR) is 77.3 cm³/mol. The zero-order valence-corrected chi connectivity index (χ0v) is 12.7. The summed E-state index contributed by atoms with van der Waals surface area (Å²) in [6.45, 7) is 6.43. The molecular formula is C15H28ClNO. The smallest absolute Gasteiger partial charge is 0.0707 e. The van der Waals surface area contributed by atoms with Crippen LogP contribution in [0.1, 0.15) is 58.8 Å². The second-order valence-corrected chi connectivity index (χ2v) is 7.13. The van der Waals surface area contributed by atoms with E-state index in [-0.39, 0.29) is 5.60 Å². The molecule has 0 aromatic carbocycles. The summed E-state index contributed by atoms with van der Waals surface area (Å²) in [5.41, 5.74) is 0.440. The Morgan fingerprint density at radius 2 is 1.89 bits per heavy atom. The van der Waals surface area contributed by atoms with E-state index in [1.54, 1.807) is 0 Å². The molecule has 1 aliphatic carbocycles. The maximum absolute atomic E-state index is 6.21. The Hall–Kier alpha value is 0.210. The van der Waals surface area contributed by atoms with Crippen LogP contribution in [0.4, 0.5) is 0 Å². The van der Waals surface area contributed by atoms with Crippen LogP contribution in [0.3, 0.4) is 0 Å². The lowest BCUT2D eigenvalue weighted by molar-refractivity contribution is -0.0151. The van der Waals surface area contributed by atoms with Gasteiger partial charge in [-0.25, -0.2) is 0 Å². The molecule has 1 aliphatic heterocycles. The summed E-state index contributed by atoms with van der Waals surface area (Å²) in [6.07, 6.45) is 9.44. The predicted octanol–water partition coefficient (Wildman–Crippen LogP) is 3.72. The zero-order valence-electron chi connectivity index (χ0n) is 11.9. The molecule has 2 fully saturated rings. The van der Waals surface area contributed by atoms with Crippen molar-refractivity contribution in [3.63, 3.8) is 0 Å². The van der Waals surface area contributed by atoms with E-state index in [1.807, 2.05) is 0 Å². The molecule has 0 spiro atoms. The first kappa shape index (κ1) is 14.6. The third kappa shape index (κ3) is 3.85. The van der Waals surface area contributed by atoms with Gasteiger partial charge in [0.1, 0.15) is 0 Å². The van der Waals surface area contributed by atoms with Crippen molar-refractivity contribution in [1.82, 2.24) is 5.32 Å². The second kappa shape index (κ2) is 6.11. The topological polar surface area (TPSA) is 21.3 Å². The normalized spacial score (nSPS) is 30.5. The molecule has 106 valence electrons. The third-order valence-corrected chi connectivity index (χ3v) is 5.19. The molecule has 1 N–H and O–H groups in total. The number of hydrogen-bond donors (Lipinski definition) is 1. The van der Waals surface area contributed by atoms with Gasteiger partial charge in [0.15, 0.2) is 0 Å². The summed E-state index contributed by atoms with van der Waals surface area (Å²) in [4.78, 5) is 0. The van der Waals surface area contributed by atoms with E-state index < -0.39 is 0 Å². The molecule has 2 rings (SSSR count). The Labute approximate surface area is 117 Å². The lowest BCUT2D eigenvalue weighted by Crippen LogP contribution is -2.40. The Morgan fingerprint density at radius 1 is 1.17 bits per heavy atom. The Balaban J connectivity index is 1.71. The highest BCUT2D eigenvalue weighted by Crippen LogP contribution is 2.37. The maximum Gasteiger partial charge on any atom is 0.0707 e. The molecule has 0 bridgehead atoms. The van der Waals surface area contributed by atoms with Crippen molar-refractivity contribution in [3.05, 3.63) is 0 Å². The fourth-order valence-corrected chi connectivity index (χ4v) is 3.74. The first-order valence-corrected chi connectivity index (χ1v) is 8.03. The van der Waals surface area contributed by atoms with Gasteiger partial charge in [-0.05, 0) is 44.9 Å². The van der Waals surface area contributed by atoms with Crippen LogP contribution < -0.4 is 5.32 Å². The van der Waals surface area contributed by atoms with Crippen LogP contribution >= 0.6 is 11.6 Å². The number of halogens is 1. The van der Waals surface area contributed by atoms with E-state index in [4.69, 9.17) is 16.3 Å². The van der Waals surface area contributed by atoms with Crippen LogP contribution in [0.2, 0.25) is 0 Å². The number of alkyl halides is 1. The SMILES string of the molecule is CC1(C)CCC(CNCC2(CCl)CCCCC2)O1. The average Bonchev–Trinajstić information content (AvgIpc) is 2.70. The molecule has 0 aromatic heterocycles. The van der Waals surface area contributed by atoms with Gasteiger partial charge < -0.3 is 10.1 Å². The van der Waals surface area contributed by atoms with Crippen LogP contribution in [-0.2, 0) is 4.74 Å². The summed E-state index contributed by atoms with van der Waals surface area (Å²) in [5.74, 6) is 0.803. The van der Waals surface area contributed by atoms with Crippen molar-refractivity contribution in [2.24, 2.45) is 5.41 Å². The molecule has 1 saturated carbocycles. The number of nitrogens with one attached hydrogen (secondary N) is 1. The highest BCUT2D eigenvalue weighted by atomic mass is 35.5. The number of hydrogen-bond acceptors (Lipinski definition) is 2. The van der Waals surface area contributed by atoms with Crippen molar-refractivity contribution >= 4 is 11.6 Å². The third-order valence-electron chi connectivity index (χ3n) is 4.62. The fourth-order valence-electron chi connectivity index (χ4n) is 3.38. The Morgan fingerprint density at radius 3 is 2.44 bits per heavy atom. The van der Waals surface area contributed by atoms with Gasteiger partial charge in [0.05, 0.1) is 11.7 Å². The molecule has 1 atom stereocenters. The summed E-state index contributed by atoms with van der Waals surface area (Å²) in [7, 11) is 0. The number of rotatable bonds is 5. The molecule has 2 aliphatic rings. The van der Waals surface area contributed by atoms with Crippen molar-refractivity contribution in [2.45, 2.75) is 70.5 Å². The minimum Gasteiger partial charge on any atom is -0.371 e. The monoisotopic (exact) mass is 273 g/mol. The Bertz CT molecular complexity index is 261. The molecule has 0 radical (unpaired) electrons. The van der Waals surface area contributed by atoms with E-state index in [9.17, 15) is 0 Å². The van der Waals surface area contributed by atoms with Gasteiger partial charge in [-0.3, -0.25) is 0 Å². The summed E-state index contributed by atoms with van der Waals surface area (Å²) >= 11 is 6.21. The van der Waals surface area contributed by atoms with E-state index in [0.717, 1.165) is 19.0 Å². The van der Waals surface area contributed by atoms with Crippen LogP contribution in [0.25, 0.3) is 0 Å². The van der Waals surface area contributed by atoms with E-state index >= 15 is 0 Å². The summed E-state index contributed by atoms with van der Waals surface area (Å²) in [5, 5.41) is 3.62. The molecular weight excluding hydrogens is 246 g/mol. The number of ether oxygens (including phenoxy) is 1. The Kier molecular flexibility index (Phi) is 4.96. The molecule has 2 nitrogen and oxygen atoms in total. The van der Waals surface area contributed by atoms with Crippen molar-refractivity contribution in [3.8, 4) is 0 Å². The van der Waals surface area contributed by atoms with Gasteiger partial charge in [-0.2, -0.15) is 0 Å². The van der Waals surface area contributed by atoms with Crippen molar-refractivity contribution < 1.29 is 4.74 Å². The second-order valence-electron chi connectivity index (χ2n) is 6.86. The standard InChI is InChI=1S/C15H28ClNO/c1-14(2)9-6-13(18-14)10-17-12-15(11-16)7-4-3-5-8-15/h13,17H,3-12H2,1-2H3. The maximum atomic E-state index is 6.21. The zero-order chi connectivity index (χ0) is 13.1. The fraction of sp³-hybridized carbons (Fsp3) is 1.00. The average molecular weight is 274 g/mol. The van der Waals surface area contributed by atoms with Gasteiger partial charge in [0.25, 0.3) is 0 Å².